The van der Waals surface area contributed by atoms with Crippen molar-refractivity contribution in [3.63, 3.8) is 0 Å². The van der Waals surface area contributed by atoms with E-state index in [0.29, 0.717) is 6.04 Å². The van der Waals surface area contributed by atoms with E-state index in [4.69, 9.17) is 0 Å². The lowest BCUT2D eigenvalue weighted by Crippen LogP contribution is -2.50. The molecule has 1 aliphatic heterocycles. The Morgan fingerprint density at radius 3 is 2.31 bits per heavy atom. The van der Waals surface area contributed by atoms with Gasteiger partial charge in [0.05, 0.1) is 0 Å². The summed E-state index contributed by atoms with van der Waals surface area (Å²) in [5, 5.41) is 3.11. The SMILES string of the molecule is O=C(NC1CCCCC1)N1CCC1. The molecule has 2 rings (SSSR count). The minimum atomic E-state index is 0.165. The van der Waals surface area contributed by atoms with Gasteiger partial charge in [0, 0.05) is 19.1 Å². The van der Waals surface area contributed by atoms with Crippen LogP contribution in [-0.2, 0) is 0 Å². The molecule has 0 aromatic heterocycles. The van der Waals surface area contributed by atoms with Gasteiger partial charge in [-0.25, -0.2) is 4.79 Å². The van der Waals surface area contributed by atoms with Gasteiger partial charge in [-0.1, -0.05) is 19.3 Å². The van der Waals surface area contributed by atoms with Crippen LogP contribution in [0.4, 0.5) is 4.79 Å². The monoisotopic (exact) mass is 182 g/mol. The van der Waals surface area contributed by atoms with Crippen molar-refractivity contribution in [2.75, 3.05) is 13.1 Å². The lowest BCUT2D eigenvalue weighted by molar-refractivity contribution is 0.161. The van der Waals surface area contributed by atoms with Crippen molar-refractivity contribution in [1.82, 2.24) is 10.2 Å². The Bertz CT molecular complexity index is 183. The maximum absolute atomic E-state index is 11.5. The molecule has 0 spiro atoms. The lowest BCUT2D eigenvalue weighted by Gasteiger charge is -2.33. The molecule has 3 heteroatoms. The number of amides is 2. The highest BCUT2D eigenvalue weighted by atomic mass is 16.2. The van der Waals surface area contributed by atoms with Gasteiger partial charge in [0.15, 0.2) is 0 Å². The van der Waals surface area contributed by atoms with Gasteiger partial charge >= 0.3 is 6.03 Å². The van der Waals surface area contributed by atoms with E-state index in [1.807, 2.05) is 4.90 Å². The smallest absolute Gasteiger partial charge is 0.317 e. The van der Waals surface area contributed by atoms with Crippen molar-refractivity contribution in [3.05, 3.63) is 0 Å². The Morgan fingerprint density at radius 1 is 1.08 bits per heavy atom. The summed E-state index contributed by atoms with van der Waals surface area (Å²) in [6, 6.07) is 0.625. The predicted molar refractivity (Wildman–Crippen MR) is 51.6 cm³/mol. The molecule has 1 heterocycles. The summed E-state index contributed by atoms with van der Waals surface area (Å²) in [5.41, 5.74) is 0. The highest BCUT2D eigenvalue weighted by molar-refractivity contribution is 5.75. The van der Waals surface area contributed by atoms with Gasteiger partial charge < -0.3 is 10.2 Å². The van der Waals surface area contributed by atoms with Crippen LogP contribution in [0.5, 0.6) is 0 Å². The quantitative estimate of drug-likeness (QED) is 0.658. The summed E-state index contributed by atoms with van der Waals surface area (Å²) in [7, 11) is 0. The molecule has 0 aromatic carbocycles. The van der Waals surface area contributed by atoms with E-state index >= 15 is 0 Å². The molecule has 74 valence electrons. The average Bonchev–Trinajstić information content (AvgIpc) is 2.02. The molecule has 0 radical (unpaired) electrons. The summed E-state index contributed by atoms with van der Waals surface area (Å²) >= 11 is 0. The van der Waals surface area contributed by atoms with Gasteiger partial charge in [-0.3, -0.25) is 0 Å². The number of hydrogen-bond donors (Lipinski definition) is 1. The molecule has 1 saturated heterocycles. The van der Waals surface area contributed by atoms with Gasteiger partial charge in [-0.05, 0) is 19.3 Å². The van der Waals surface area contributed by atoms with Gasteiger partial charge in [-0.15, -0.1) is 0 Å². The van der Waals surface area contributed by atoms with Crippen LogP contribution in [0.3, 0.4) is 0 Å². The Kier molecular flexibility index (Phi) is 2.71. The van der Waals surface area contributed by atoms with E-state index < -0.39 is 0 Å². The second-order valence-electron chi connectivity index (χ2n) is 4.13. The van der Waals surface area contributed by atoms with Crippen LogP contribution in [0.15, 0.2) is 0 Å². The predicted octanol–water partition coefficient (Wildman–Crippen LogP) is 1.73. The summed E-state index contributed by atoms with van der Waals surface area (Å²) in [4.78, 5) is 13.4. The van der Waals surface area contributed by atoms with Crippen molar-refractivity contribution < 1.29 is 4.79 Å². The molecule has 0 unspecified atom stereocenters. The third-order valence-corrected chi connectivity index (χ3v) is 3.08. The van der Waals surface area contributed by atoms with Crippen LogP contribution in [0, 0.1) is 0 Å². The number of urea groups is 1. The van der Waals surface area contributed by atoms with Crippen LogP contribution >= 0.6 is 0 Å². The lowest BCUT2D eigenvalue weighted by atomic mass is 9.96. The molecule has 2 aliphatic rings. The minimum absolute atomic E-state index is 0.165. The van der Waals surface area contributed by atoms with Gasteiger partial charge in [-0.2, -0.15) is 0 Å². The first-order valence-electron chi connectivity index (χ1n) is 5.42. The van der Waals surface area contributed by atoms with Crippen LogP contribution in [0.2, 0.25) is 0 Å². The average molecular weight is 182 g/mol. The zero-order valence-corrected chi connectivity index (χ0v) is 8.09. The van der Waals surface area contributed by atoms with Crippen molar-refractivity contribution in [2.24, 2.45) is 0 Å². The number of nitrogens with zero attached hydrogens (tertiary/aromatic N) is 1. The van der Waals surface area contributed by atoms with Crippen molar-refractivity contribution in [1.29, 1.82) is 0 Å². The topological polar surface area (TPSA) is 32.3 Å². The van der Waals surface area contributed by atoms with Crippen molar-refractivity contribution >= 4 is 6.03 Å². The Hall–Kier alpha value is -0.730. The molecular formula is C10H18N2O. The van der Waals surface area contributed by atoms with Crippen molar-refractivity contribution in [3.8, 4) is 0 Å². The molecule has 3 nitrogen and oxygen atoms in total. The molecular weight excluding hydrogens is 164 g/mol. The zero-order valence-electron chi connectivity index (χ0n) is 8.09. The number of carbonyl (C=O) groups excluding carboxylic acids is 1. The van der Waals surface area contributed by atoms with Gasteiger partial charge in [0.25, 0.3) is 0 Å². The number of hydrogen-bond acceptors (Lipinski definition) is 1. The molecule has 1 saturated carbocycles. The Balaban J connectivity index is 1.72. The fraction of sp³-hybridized carbons (Fsp3) is 0.900. The molecule has 2 fully saturated rings. The van der Waals surface area contributed by atoms with E-state index in [-0.39, 0.29) is 6.03 Å². The zero-order chi connectivity index (χ0) is 9.10. The van der Waals surface area contributed by atoms with E-state index in [1.165, 1.54) is 38.5 Å². The molecule has 0 atom stereocenters. The third-order valence-electron chi connectivity index (χ3n) is 3.08. The van der Waals surface area contributed by atoms with E-state index in [1.54, 1.807) is 0 Å². The molecule has 1 aliphatic carbocycles. The molecule has 13 heavy (non-hydrogen) atoms. The van der Waals surface area contributed by atoms with Crippen LogP contribution < -0.4 is 5.32 Å². The van der Waals surface area contributed by atoms with Crippen LogP contribution in [-0.4, -0.2) is 30.1 Å². The third kappa shape index (κ3) is 2.14. The molecule has 0 bridgehead atoms. The first-order chi connectivity index (χ1) is 6.36. The minimum Gasteiger partial charge on any atom is -0.335 e. The second-order valence-corrected chi connectivity index (χ2v) is 4.13. The van der Waals surface area contributed by atoms with Gasteiger partial charge in [0.1, 0.15) is 0 Å². The highest BCUT2D eigenvalue weighted by Gasteiger charge is 2.23. The number of rotatable bonds is 1. The molecule has 2 amide bonds. The van der Waals surface area contributed by atoms with Crippen molar-refractivity contribution in [2.45, 2.75) is 44.6 Å². The highest BCUT2D eigenvalue weighted by Crippen LogP contribution is 2.18. The Morgan fingerprint density at radius 2 is 1.77 bits per heavy atom. The largest absolute Gasteiger partial charge is 0.335 e. The summed E-state index contributed by atoms with van der Waals surface area (Å²) < 4.78 is 0. The first kappa shape index (κ1) is 8.85. The fourth-order valence-corrected chi connectivity index (χ4v) is 2.03. The van der Waals surface area contributed by atoms with Gasteiger partial charge in [0.2, 0.25) is 0 Å². The summed E-state index contributed by atoms with van der Waals surface area (Å²) in [6.07, 6.45) is 7.45. The van der Waals surface area contributed by atoms with Crippen LogP contribution in [0.25, 0.3) is 0 Å². The standard InChI is InChI=1S/C10H18N2O/c13-10(12-7-4-8-12)11-9-5-2-1-3-6-9/h9H,1-8H2,(H,11,13). The second kappa shape index (κ2) is 3.99. The number of likely N-dealkylation sites (tertiary alicyclic amines) is 1. The van der Waals surface area contributed by atoms with E-state index in [2.05, 4.69) is 5.32 Å². The number of carbonyl (C=O) groups is 1. The first-order valence-corrected chi connectivity index (χ1v) is 5.42. The maximum Gasteiger partial charge on any atom is 0.317 e. The summed E-state index contributed by atoms with van der Waals surface area (Å²) in [5.74, 6) is 0. The normalized spacial score (nSPS) is 23.8. The van der Waals surface area contributed by atoms with Crippen LogP contribution in [0.1, 0.15) is 38.5 Å². The molecule has 1 N–H and O–H groups in total. The van der Waals surface area contributed by atoms with E-state index in [9.17, 15) is 4.79 Å². The number of nitrogens with one attached hydrogen (secondary N) is 1. The summed E-state index contributed by atoms with van der Waals surface area (Å²) in [6.45, 7) is 1.91. The van der Waals surface area contributed by atoms with E-state index in [0.717, 1.165) is 13.1 Å². The Labute approximate surface area is 79.5 Å². The maximum atomic E-state index is 11.5. The molecule has 0 aromatic rings. The fourth-order valence-electron chi connectivity index (χ4n) is 2.03.